The lowest BCUT2D eigenvalue weighted by molar-refractivity contribution is 0.303. The van der Waals surface area contributed by atoms with Gasteiger partial charge in [0.1, 0.15) is 17.2 Å². The fourth-order valence-corrected chi connectivity index (χ4v) is 2.38. The minimum Gasteiger partial charge on any atom is -0.507 e. The Morgan fingerprint density at radius 3 is 2.48 bits per heavy atom. The average molecular weight is 313 g/mol. The van der Waals surface area contributed by atoms with E-state index in [0.717, 1.165) is 18.4 Å². The van der Waals surface area contributed by atoms with E-state index in [1.54, 1.807) is 18.2 Å². The van der Waals surface area contributed by atoms with Gasteiger partial charge in [-0.05, 0) is 18.6 Å². The second-order valence-corrected chi connectivity index (χ2v) is 5.40. The zero-order valence-corrected chi connectivity index (χ0v) is 13.4. The van der Waals surface area contributed by atoms with Crippen molar-refractivity contribution in [3.8, 4) is 11.5 Å². The number of rotatable bonds is 8. The van der Waals surface area contributed by atoms with Gasteiger partial charge in [-0.3, -0.25) is 0 Å². The molecule has 2 aromatic rings. The van der Waals surface area contributed by atoms with Crippen molar-refractivity contribution in [2.24, 2.45) is 5.16 Å². The molecule has 0 atom stereocenters. The number of phenols is 1. The topological polar surface area (TPSA) is 62.0 Å². The van der Waals surface area contributed by atoms with Gasteiger partial charge in [0.2, 0.25) is 0 Å². The van der Waals surface area contributed by atoms with Gasteiger partial charge in [0, 0.05) is 17.2 Å². The molecule has 0 radical (unpaired) electrons. The van der Waals surface area contributed by atoms with Crippen molar-refractivity contribution in [2.45, 2.75) is 32.6 Å². The first kappa shape index (κ1) is 16.9. The number of aromatic hydroxyl groups is 1. The summed E-state index contributed by atoms with van der Waals surface area (Å²) in [4.78, 5) is 0. The van der Waals surface area contributed by atoms with E-state index in [0.29, 0.717) is 23.6 Å². The van der Waals surface area contributed by atoms with Crippen LogP contribution in [0.1, 0.15) is 43.7 Å². The molecular weight excluding hydrogens is 290 g/mol. The standard InChI is InChI=1S/C19H23NO3/c1-2-3-4-8-13-23-16-11-12-17(18(21)14-16)19(20-22)15-9-6-5-7-10-15/h5-7,9-12,14,21-22H,2-4,8,13H2,1H3/b20-19-. The monoisotopic (exact) mass is 313 g/mol. The number of oxime groups is 1. The number of ether oxygens (including phenoxy) is 1. The largest absolute Gasteiger partial charge is 0.507 e. The number of hydrogen-bond acceptors (Lipinski definition) is 4. The van der Waals surface area contributed by atoms with Crippen LogP contribution in [-0.2, 0) is 0 Å². The highest BCUT2D eigenvalue weighted by atomic mass is 16.5. The van der Waals surface area contributed by atoms with E-state index in [9.17, 15) is 10.3 Å². The lowest BCUT2D eigenvalue weighted by atomic mass is 10.0. The van der Waals surface area contributed by atoms with Gasteiger partial charge < -0.3 is 15.1 Å². The van der Waals surface area contributed by atoms with Gasteiger partial charge >= 0.3 is 0 Å². The molecule has 23 heavy (non-hydrogen) atoms. The first-order chi connectivity index (χ1) is 11.3. The van der Waals surface area contributed by atoms with Crippen LogP contribution in [0.2, 0.25) is 0 Å². The van der Waals surface area contributed by atoms with Crippen LogP contribution in [0.3, 0.4) is 0 Å². The van der Waals surface area contributed by atoms with E-state index in [1.165, 1.54) is 12.8 Å². The summed E-state index contributed by atoms with van der Waals surface area (Å²) in [5.41, 5.74) is 1.54. The highest BCUT2D eigenvalue weighted by Gasteiger charge is 2.13. The summed E-state index contributed by atoms with van der Waals surface area (Å²) in [5.74, 6) is 0.654. The van der Waals surface area contributed by atoms with E-state index >= 15 is 0 Å². The number of phenolic OH excluding ortho intramolecular Hbond substituents is 1. The summed E-state index contributed by atoms with van der Waals surface area (Å²) < 4.78 is 5.65. The fraction of sp³-hybridized carbons (Fsp3) is 0.316. The molecule has 0 bridgehead atoms. The number of hydrogen-bond donors (Lipinski definition) is 2. The second-order valence-electron chi connectivity index (χ2n) is 5.40. The molecule has 0 heterocycles. The Labute approximate surface area is 137 Å². The molecule has 0 aliphatic carbocycles. The third-order valence-corrected chi connectivity index (χ3v) is 3.64. The molecule has 4 nitrogen and oxygen atoms in total. The Bertz CT molecular complexity index is 638. The molecular formula is C19H23NO3. The van der Waals surface area contributed by atoms with E-state index in [4.69, 9.17) is 4.74 Å². The maximum absolute atomic E-state index is 10.2. The molecule has 0 saturated carbocycles. The van der Waals surface area contributed by atoms with Gasteiger partial charge in [-0.15, -0.1) is 0 Å². The Balaban J connectivity index is 2.07. The van der Waals surface area contributed by atoms with Crippen LogP contribution >= 0.6 is 0 Å². The highest BCUT2D eigenvalue weighted by Crippen LogP contribution is 2.26. The normalized spacial score (nSPS) is 11.4. The maximum Gasteiger partial charge on any atom is 0.128 e. The predicted octanol–water partition coefficient (Wildman–Crippen LogP) is 4.58. The Hall–Kier alpha value is -2.49. The predicted molar refractivity (Wildman–Crippen MR) is 91.6 cm³/mol. The second kappa shape index (κ2) is 8.83. The van der Waals surface area contributed by atoms with Crippen LogP contribution in [0.5, 0.6) is 11.5 Å². The van der Waals surface area contributed by atoms with Crippen molar-refractivity contribution < 1.29 is 15.1 Å². The first-order valence-electron chi connectivity index (χ1n) is 8.00. The SMILES string of the molecule is CCCCCCOc1ccc(/C(=N\O)c2ccccc2)c(O)c1. The van der Waals surface area contributed by atoms with E-state index in [1.807, 2.05) is 30.3 Å². The molecule has 2 rings (SSSR count). The molecule has 0 aliphatic heterocycles. The minimum atomic E-state index is 0.0349. The van der Waals surface area contributed by atoms with Crippen LogP contribution in [0.25, 0.3) is 0 Å². The number of benzene rings is 2. The molecule has 0 fully saturated rings. The van der Waals surface area contributed by atoms with Crippen LogP contribution < -0.4 is 4.74 Å². The van der Waals surface area contributed by atoms with Crippen molar-refractivity contribution >= 4 is 5.71 Å². The molecule has 0 spiro atoms. The van der Waals surface area contributed by atoms with Gasteiger partial charge in [-0.1, -0.05) is 61.7 Å². The minimum absolute atomic E-state index is 0.0349. The van der Waals surface area contributed by atoms with Crippen molar-refractivity contribution in [3.63, 3.8) is 0 Å². The third-order valence-electron chi connectivity index (χ3n) is 3.64. The maximum atomic E-state index is 10.2. The molecule has 0 aliphatic rings. The van der Waals surface area contributed by atoms with E-state index in [2.05, 4.69) is 12.1 Å². The smallest absolute Gasteiger partial charge is 0.128 e. The first-order valence-corrected chi connectivity index (χ1v) is 8.00. The number of unbranched alkanes of at least 4 members (excludes halogenated alkanes) is 3. The molecule has 0 aromatic heterocycles. The molecule has 2 N–H and O–H groups in total. The van der Waals surface area contributed by atoms with Gasteiger partial charge in [-0.2, -0.15) is 0 Å². The molecule has 0 amide bonds. The summed E-state index contributed by atoms with van der Waals surface area (Å²) >= 11 is 0. The van der Waals surface area contributed by atoms with Crippen LogP contribution in [0, 0.1) is 0 Å². The molecule has 2 aromatic carbocycles. The van der Waals surface area contributed by atoms with Crippen LogP contribution in [-0.4, -0.2) is 22.6 Å². The summed E-state index contributed by atoms with van der Waals surface area (Å²) in [6.07, 6.45) is 4.55. The van der Waals surface area contributed by atoms with Gasteiger partial charge in [0.05, 0.1) is 6.61 Å². The average Bonchev–Trinajstić information content (AvgIpc) is 2.58. The molecule has 0 saturated heterocycles. The summed E-state index contributed by atoms with van der Waals surface area (Å²) in [6, 6.07) is 14.3. The number of nitrogens with zero attached hydrogens (tertiary/aromatic N) is 1. The van der Waals surface area contributed by atoms with E-state index in [-0.39, 0.29) is 5.75 Å². The van der Waals surface area contributed by atoms with Crippen LogP contribution in [0.4, 0.5) is 0 Å². The summed E-state index contributed by atoms with van der Waals surface area (Å²) in [6.45, 7) is 2.81. The zero-order chi connectivity index (χ0) is 16.5. The van der Waals surface area contributed by atoms with Crippen molar-refractivity contribution in [2.75, 3.05) is 6.61 Å². The van der Waals surface area contributed by atoms with Crippen molar-refractivity contribution in [3.05, 3.63) is 59.7 Å². The summed E-state index contributed by atoms with van der Waals surface area (Å²) in [7, 11) is 0. The van der Waals surface area contributed by atoms with E-state index < -0.39 is 0 Å². The molecule has 4 heteroatoms. The Morgan fingerprint density at radius 1 is 1.04 bits per heavy atom. The highest BCUT2D eigenvalue weighted by molar-refractivity contribution is 6.14. The zero-order valence-electron chi connectivity index (χ0n) is 13.4. The third kappa shape index (κ3) is 4.74. The van der Waals surface area contributed by atoms with Crippen molar-refractivity contribution in [1.29, 1.82) is 0 Å². The van der Waals surface area contributed by atoms with Gasteiger partial charge in [0.15, 0.2) is 0 Å². The Kier molecular flexibility index (Phi) is 6.48. The molecule has 0 unspecified atom stereocenters. The van der Waals surface area contributed by atoms with Crippen molar-refractivity contribution in [1.82, 2.24) is 0 Å². The van der Waals surface area contributed by atoms with Gasteiger partial charge in [0.25, 0.3) is 0 Å². The summed E-state index contributed by atoms with van der Waals surface area (Å²) in [5, 5.41) is 22.8. The van der Waals surface area contributed by atoms with Crippen LogP contribution in [0.15, 0.2) is 53.7 Å². The quantitative estimate of drug-likeness (QED) is 0.324. The lowest BCUT2D eigenvalue weighted by Gasteiger charge is -2.10. The Morgan fingerprint density at radius 2 is 1.83 bits per heavy atom. The lowest BCUT2D eigenvalue weighted by Crippen LogP contribution is -2.04. The molecule has 122 valence electrons. The van der Waals surface area contributed by atoms with Gasteiger partial charge in [-0.25, -0.2) is 0 Å². The fourth-order valence-electron chi connectivity index (χ4n) is 2.38.